The first-order valence-corrected chi connectivity index (χ1v) is 9.09. The van der Waals surface area contributed by atoms with E-state index in [1.165, 1.54) is 0 Å². The number of nitrogens with one attached hydrogen (secondary N) is 1. The molecule has 0 atom stereocenters. The molecule has 0 radical (unpaired) electrons. The molecule has 0 fully saturated rings. The molecule has 1 aliphatic rings. The Morgan fingerprint density at radius 3 is 2.64 bits per heavy atom. The number of alkyl halides is 3. The van der Waals surface area contributed by atoms with E-state index in [4.69, 9.17) is 11.6 Å². The molecule has 0 saturated carbocycles. The summed E-state index contributed by atoms with van der Waals surface area (Å²) in [4.78, 5) is 12.4. The molecule has 0 unspecified atom stereocenters. The third-order valence-corrected chi connectivity index (χ3v) is 4.99. The molecule has 9 heteroatoms. The van der Waals surface area contributed by atoms with E-state index in [-0.39, 0.29) is 12.1 Å². The smallest absolute Gasteiger partial charge is 0.324 e. The number of amides is 1. The van der Waals surface area contributed by atoms with E-state index in [9.17, 15) is 18.0 Å². The minimum atomic E-state index is -4.52. The fourth-order valence-electron chi connectivity index (χ4n) is 3.49. The topological polar surface area (TPSA) is 51.9 Å². The number of hydrogen-bond donors (Lipinski definition) is 1. The monoisotopic (exact) mass is 408 g/mol. The zero-order chi connectivity index (χ0) is 19.9. The Kier molecular flexibility index (Phi) is 4.66. The number of carbonyl (C=O) groups is 1. The Morgan fingerprint density at radius 2 is 1.96 bits per heavy atom. The van der Waals surface area contributed by atoms with Gasteiger partial charge in [0.05, 0.1) is 10.7 Å². The normalized spacial score (nSPS) is 13.6. The molecule has 0 bridgehead atoms. The van der Waals surface area contributed by atoms with Crippen molar-refractivity contribution in [2.45, 2.75) is 32.0 Å². The van der Waals surface area contributed by atoms with Gasteiger partial charge in [-0.2, -0.15) is 18.3 Å². The highest BCUT2D eigenvalue weighted by Gasteiger charge is 2.40. The van der Waals surface area contributed by atoms with Gasteiger partial charge in [0.1, 0.15) is 6.54 Å². The zero-order valence-electron chi connectivity index (χ0n) is 14.6. The standard InChI is InChI=1S/C19H16ClF3N4O/c20-14-10-12(6-7-16(14)26-8-1-2-9-26)24-17(28)11-27-15-5-3-4-13(15)18(25-27)19(21,22)23/h1-2,6-10H,3-5,11H2,(H,24,28). The Bertz CT molecular complexity index is 1020. The molecule has 1 amide bonds. The number of hydrogen-bond acceptors (Lipinski definition) is 2. The van der Waals surface area contributed by atoms with Crippen LogP contribution < -0.4 is 5.32 Å². The molecule has 5 nitrogen and oxygen atoms in total. The van der Waals surface area contributed by atoms with Crippen molar-refractivity contribution < 1.29 is 18.0 Å². The first kappa shape index (κ1) is 18.6. The average Bonchev–Trinajstić information content (AvgIpc) is 3.32. The number of aromatic nitrogens is 3. The molecule has 4 rings (SSSR count). The molecule has 0 saturated heterocycles. The van der Waals surface area contributed by atoms with Gasteiger partial charge in [-0.15, -0.1) is 0 Å². The number of fused-ring (bicyclic) bond motifs is 1. The first-order valence-electron chi connectivity index (χ1n) is 8.71. The van der Waals surface area contributed by atoms with Gasteiger partial charge in [-0.25, -0.2) is 0 Å². The summed E-state index contributed by atoms with van der Waals surface area (Å²) < 4.78 is 42.4. The lowest BCUT2D eigenvalue weighted by Crippen LogP contribution is -2.21. The van der Waals surface area contributed by atoms with Gasteiger partial charge in [0.2, 0.25) is 5.91 Å². The number of carbonyl (C=O) groups excluding carboxylic acids is 1. The second-order valence-corrected chi connectivity index (χ2v) is 6.99. The number of rotatable bonds is 4. The maximum Gasteiger partial charge on any atom is 0.435 e. The summed E-state index contributed by atoms with van der Waals surface area (Å²) in [6.07, 6.45) is 0.629. The minimum Gasteiger partial charge on any atom is -0.324 e. The van der Waals surface area contributed by atoms with Gasteiger partial charge in [-0.05, 0) is 49.6 Å². The van der Waals surface area contributed by atoms with Crippen LogP contribution in [0.1, 0.15) is 23.4 Å². The van der Waals surface area contributed by atoms with Crippen LogP contribution in [-0.2, 0) is 30.4 Å². The van der Waals surface area contributed by atoms with Crippen molar-refractivity contribution in [1.29, 1.82) is 0 Å². The van der Waals surface area contributed by atoms with Crippen LogP contribution in [0.2, 0.25) is 5.02 Å². The Morgan fingerprint density at radius 1 is 1.21 bits per heavy atom. The fraction of sp³-hybridized carbons (Fsp3) is 0.263. The maximum absolute atomic E-state index is 13.1. The van der Waals surface area contributed by atoms with Gasteiger partial charge in [-0.3, -0.25) is 9.48 Å². The molecule has 3 aromatic rings. The van der Waals surface area contributed by atoms with Gasteiger partial charge in [0.15, 0.2) is 5.69 Å². The molecule has 146 valence electrons. The van der Waals surface area contributed by atoms with E-state index in [1.54, 1.807) is 18.2 Å². The summed E-state index contributed by atoms with van der Waals surface area (Å²) in [6.45, 7) is -0.282. The Hall–Kier alpha value is -2.74. The average molecular weight is 409 g/mol. The number of nitrogens with zero attached hydrogens (tertiary/aromatic N) is 3. The van der Waals surface area contributed by atoms with Crippen LogP contribution in [-0.4, -0.2) is 20.3 Å². The highest BCUT2D eigenvalue weighted by Crippen LogP contribution is 2.36. The van der Waals surface area contributed by atoms with E-state index < -0.39 is 17.8 Å². The second-order valence-electron chi connectivity index (χ2n) is 6.59. The van der Waals surface area contributed by atoms with E-state index in [0.717, 1.165) is 10.4 Å². The number of anilines is 1. The van der Waals surface area contributed by atoms with E-state index in [0.29, 0.717) is 35.7 Å². The third kappa shape index (κ3) is 3.52. The maximum atomic E-state index is 13.1. The SMILES string of the molecule is O=C(Cn1nc(C(F)(F)F)c2c1CCC2)Nc1ccc(-n2cccc2)c(Cl)c1. The minimum absolute atomic E-state index is 0.208. The van der Waals surface area contributed by atoms with Crippen molar-refractivity contribution in [3.63, 3.8) is 0 Å². The fourth-order valence-corrected chi connectivity index (χ4v) is 3.77. The van der Waals surface area contributed by atoms with Gasteiger partial charge >= 0.3 is 6.18 Å². The van der Waals surface area contributed by atoms with Crippen LogP contribution >= 0.6 is 11.6 Å². The van der Waals surface area contributed by atoms with Crippen LogP contribution in [0.4, 0.5) is 18.9 Å². The summed E-state index contributed by atoms with van der Waals surface area (Å²) >= 11 is 6.28. The van der Waals surface area contributed by atoms with Crippen molar-refractivity contribution in [1.82, 2.24) is 14.3 Å². The molecule has 1 aliphatic carbocycles. The lowest BCUT2D eigenvalue weighted by atomic mass is 10.2. The van der Waals surface area contributed by atoms with Gasteiger partial charge in [-0.1, -0.05) is 11.6 Å². The summed E-state index contributed by atoms with van der Waals surface area (Å²) in [7, 11) is 0. The number of benzene rings is 1. The largest absolute Gasteiger partial charge is 0.435 e. The molecular formula is C19H16ClF3N4O. The van der Waals surface area contributed by atoms with E-state index in [1.807, 2.05) is 29.1 Å². The molecule has 2 heterocycles. The Balaban J connectivity index is 1.51. The molecule has 0 spiro atoms. The lowest BCUT2D eigenvalue weighted by molar-refractivity contribution is -0.142. The lowest BCUT2D eigenvalue weighted by Gasteiger charge is -2.10. The van der Waals surface area contributed by atoms with Crippen LogP contribution in [0.5, 0.6) is 0 Å². The van der Waals surface area contributed by atoms with Crippen LogP contribution in [0.3, 0.4) is 0 Å². The first-order chi connectivity index (χ1) is 13.3. The van der Waals surface area contributed by atoms with E-state index >= 15 is 0 Å². The van der Waals surface area contributed by atoms with Crippen LogP contribution in [0, 0.1) is 0 Å². The van der Waals surface area contributed by atoms with Gasteiger partial charge in [0.25, 0.3) is 0 Å². The highest BCUT2D eigenvalue weighted by molar-refractivity contribution is 6.32. The summed E-state index contributed by atoms with van der Waals surface area (Å²) in [5.41, 5.74) is 1.03. The third-order valence-electron chi connectivity index (χ3n) is 4.68. The second kappa shape index (κ2) is 7.01. The predicted octanol–water partition coefficient (Wildman–Crippen LogP) is 4.47. The van der Waals surface area contributed by atoms with Crippen LogP contribution in [0.15, 0.2) is 42.7 Å². The molecule has 2 aromatic heterocycles. The van der Waals surface area contributed by atoms with Crippen molar-refractivity contribution in [3.8, 4) is 5.69 Å². The molecule has 0 aliphatic heterocycles. The zero-order valence-corrected chi connectivity index (χ0v) is 15.4. The predicted molar refractivity (Wildman–Crippen MR) is 98.7 cm³/mol. The van der Waals surface area contributed by atoms with Crippen molar-refractivity contribution in [2.24, 2.45) is 0 Å². The summed E-state index contributed by atoms with van der Waals surface area (Å²) in [6, 6.07) is 8.77. The van der Waals surface area contributed by atoms with Crippen LogP contribution in [0.25, 0.3) is 5.69 Å². The Labute approximate surface area is 163 Å². The molecule has 28 heavy (non-hydrogen) atoms. The molecule has 1 N–H and O–H groups in total. The van der Waals surface area contributed by atoms with Crippen molar-refractivity contribution in [2.75, 3.05) is 5.32 Å². The molecule has 1 aromatic carbocycles. The summed E-state index contributed by atoms with van der Waals surface area (Å²) in [5, 5.41) is 6.76. The van der Waals surface area contributed by atoms with E-state index in [2.05, 4.69) is 10.4 Å². The highest BCUT2D eigenvalue weighted by atomic mass is 35.5. The van der Waals surface area contributed by atoms with Gasteiger partial charge < -0.3 is 9.88 Å². The van der Waals surface area contributed by atoms with Gasteiger partial charge in [0, 0.05) is 29.3 Å². The number of halogens is 4. The summed E-state index contributed by atoms with van der Waals surface area (Å²) in [5.74, 6) is -0.462. The molecular weight excluding hydrogens is 393 g/mol. The van der Waals surface area contributed by atoms with Crippen molar-refractivity contribution >= 4 is 23.2 Å². The van der Waals surface area contributed by atoms with Crippen molar-refractivity contribution in [3.05, 3.63) is 64.7 Å². The quantitative estimate of drug-likeness (QED) is 0.692.